The molecule has 0 unspecified atom stereocenters. The molecule has 5 nitrogen and oxygen atoms in total. The molecule has 2 aromatic rings. The first-order valence-electron chi connectivity index (χ1n) is 9.50. The van der Waals surface area contributed by atoms with Gasteiger partial charge in [0.25, 0.3) is 5.91 Å². The summed E-state index contributed by atoms with van der Waals surface area (Å²) in [5, 5.41) is 0. The number of carbonyl (C=O) groups is 1. The molecule has 27 heavy (non-hydrogen) atoms. The third-order valence-corrected chi connectivity index (χ3v) is 5.11. The summed E-state index contributed by atoms with van der Waals surface area (Å²) in [4.78, 5) is 25.6. The molecule has 1 aliphatic rings. The van der Waals surface area contributed by atoms with E-state index in [0.29, 0.717) is 24.7 Å². The van der Waals surface area contributed by atoms with E-state index in [9.17, 15) is 9.18 Å². The predicted molar refractivity (Wildman–Crippen MR) is 103 cm³/mol. The molecule has 1 fully saturated rings. The average Bonchev–Trinajstić information content (AvgIpc) is 2.86. The van der Waals surface area contributed by atoms with Crippen molar-refractivity contribution < 1.29 is 9.18 Å². The van der Waals surface area contributed by atoms with Gasteiger partial charge in [-0.2, -0.15) is 0 Å². The van der Waals surface area contributed by atoms with Gasteiger partial charge >= 0.3 is 0 Å². The van der Waals surface area contributed by atoms with Gasteiger partial charge < -0.3 is 4.90 Å². The average molecular weight is 370 g/mol. The van der Waals surface area contributed by atoms with Gasteiger partial charge in [0.1, 0.15) is 11.5 Å². The second-order valence-corrected chi connectivity index (χ2v) is 7.56. The van der Waals surface area contributed by atoms with Gasteiger partial charge in [-0.3, -0.25) is 14.7 Å². The van der Waals surface area contributed by atoms with E-state index in [4.69, 9.17) is 0 Å². The number of halogens is 1. The molecule has 1 saturated heterocycles. The van der Waals surface area contributed by atoms with Crippen molar-refractivity contribution in [2.24, 2.45) is 5.92 Å². The highest BCUT2D eigenvalue weighted by molar-refractivity contribution is 5.92. The topological polar surface area (TPSA) is 49.3 Å². The van der Waals surface area contributed by atoms with Gasteiger partial charge in [0, 0.05) is 38.4 Å². The SMILES string of the molecule is Cc1cnc(C(=O)N2CCCN(Cc3ccc(F)cc3)[C@@H](C(C)C)C2)cn1. The lowest BCUT2D eigenvalue weighted by atomic mass is 10.0. The Morgan fingerprint density at radius 2 is 1.93 bits per heavy atom. The predicted octanol–water partition coefficient (Wildman–Crippen LogP) is 3.30. The van der Waals surface area contributed by atoms with Crippen LogP contribution in [0.2, 0.25) is 0 Å². The summed E-state index contributed by atoms with van der Waals surface area (Å²) in [6.45, 7) is 9.25. The van der Waals surface area contributed by atoms with Crippen LogP contribution in [-0.4, -0.2) is 51.4 Å². The van der Waals surface area contributed by atoms with Crippen LogP contribution >= 0.6 is 0 Å². The maximum atomic E-state index is 13.2. The fraction of sp³-hybridized carbons (Fsp3) is 0.476. The zero-order valence-electron chi connectivity index (χ0n) is 16.2. The van der Waals surface area contributed by atoms with Gasteiger partial charge in [0.2, 0.25) is 0 Å². The highest BCUT2D eigenvalue weighted by Gasteiger charge is 2.30. The first-order chi connectivity index (χ1) is 12.9. The van der Waals surface area contributed by atoms with Crippen LogP contribution in [0.25, 0.3) is 0 Å². The number of nitrogens with zero attached hydrogens (tertiary/aromatic N) is 4. The van der Waals surface area contributed by atoms with Crippen LogP contribution < -0.4 is 0 Å². The van der Waals surface area contributed by atoms with Crippen molar-refractivity contribution in [2.75, 3.05) is 19.6 Å². The maximum absolute atomic E-state index is 13.2. The number of aryl methyl sites for hydroxylation is 1. The second kappa shape index (κ2) is 8.57. The molecule has 0 spiro atoms. The summed E-state index contributed by atoms with van der Waals surface area (Å²) in [6.07, 6.45) is 4.09. The molecule has 6 heteroatoms. The minimum atomic E-state index is -0.217. The molecule has 0 aliphatic carbocycles. The summed E-state index contributed by atoms with van der Waals surface area (Å²) in [6, 6.07) is 6.91. The summed E-state index contributed by atoms with van der Waals surface area (Å²) in [5.74, 6) is 0.116. The van der Waals surface area contributed by atoms with Gasteiger partial charge in [-0.15, -0.1) is 0 Å². The molecule has 3 rings (SSSR count). The van der Waals surface area contributed by atoms with Crippen molar-refractivity contribution >= 4 is 5.91 Å². The molecular weight excluding hydrogens is 343 g/mol. The van der Waals surface area contributed by atoms with E-state index in [-0.39, 0.29) is 17.8 Å². The van der Waals surface area contributed by atoms with Crippen LogP contribution in [0.4, 0.5) is 4.39 Å². The number of benzene rings is 1. The summed E-state index contributed by atoms with van der Waals surface area (Å²) >= 11 is 0. The first kappa shape index (κ1) is 19.4. The normalized spacial score (nSPS) is 18.6. The number of hydrogen-bond donors (Lipinski definition) is 0. The Labute approximate surface area is 160 Å². The van der Waals surface area contributed by atoms with E-state index in [1.165, 1.54) is 12.1 Å². The van der Waals surface area contributed by atoms with Gasteiger partial charge in [-0.1, -0.05) is 26.0 Å². The largest absolute Gasteiger partial charge is 0.336 e. The zero-order valence-corrected chi connectivity index (χ0v) is 16.2. The van der Waals surface area contributed by atoms with E-state index in [2.05, 4.69) is 28.7 Å². The first-order valence-corrected chi connectivity index (χ1v) is 9.50. The number of rotatable bonds is 4. The molecule has 0 bridgehead atoms. The highest BCUT2D eigenvalue weighted by atomic mass is 19.1. The molecule has 1 aliphatic heterocycles. The molecule has 1 aromatic heterocycles. The van der Waals surface area contributed by atoms with Gasteiger partial charge in [-0.25, -0.2) is 9.37 Å². The Balaban J connectivity index is 1.75. The van der Waals surface area contributed by atoms with Crippen LogP contribution in [0.3, 0.4) is 0 Å². The van der Waals surface area contributed by atoms with Crippen molar-refractivity contribution in [1.29, 1.82) is 0 Å². The number of carbonyl (C=O) groups excluding carboxylic acids is 1. The smallest absolute Gasteiger partial charge is 0.274 e. The minimum Gasteiger partial charge on any atom is -0.336 e. The lowest BCUT2D eigenvalue weighted by molar-refractivity contribution is 0.0696. The lowest BCUT2D eigenvalue weighted by Gasteiger charge is -2.34. The molecular formula is C21H27FN4O. The van der Waals surface area contributed by atoms with E-state index in [1.807, 2.05) is 24.0 Å². The Bertz CT molecular complexity index is 761. The van der Waals surface area contributed by atoms with Crippen LogP contribution in [0.15, 0.2) is 36.7 Å². The van der Waals surface area contributed by atoms with Gasteiger partial charge in [-0.05, 0) is 37.0 Å². The van der Waals surface area contributed by atoms with E-state index in [1.54, 1.807) is 12.4 Å². The summed E-state index contributed by atoms with van der Waals surface area (Å²) < 4.78 is 13.2. The highest BCUT2D eigenvalue weighted by Crippen LogP contribution is 2.21. The number of aromatic nitrogens is 2. The Kier molecular flexibility index (Phi) is 6.16. The van der Waals surface area contributed by atoms with Crippen molar-refractivity contribution in [1.82, 2.24) is 19.8 Å². The monoisotopic (exact) mass is 370 g/mol. The molecule has 144 valence electrons. The third-order valence-electron chi connectivity index (χ3n) is 5.11. The molecule has 1 atom stereocenters. The molecule has 0 saturated carbocycles. The van der Waals surface area contributed by atoms with Gasteiger partial charge in [0.05, 0.1) is 11.9 Å². The molecule has 0 radical (unpaired) electrons. The van der Waals surface area contributed by atoms with Crippen molar-refractivity contribution in [3.8, 4) is 0 Å². The molecule has 1 amide bonds. The molecule has 2 heterocycles. The van der Waals surface area contributed by atoms with E-state index >= 15 is 0 Å². The molecule has 0 N–H and O–H groups in total. The number of amides is 1. The van der Waals surface area contributed by atoms with E-state index < -0.39 is 0 Å². The Morgan fingerprint density at radius 3 is 2.56 bits per heavy atom. The van der Waals surface area contributed by atoms with Crippen LogP contribution in [-0.2, 0) is 6.54 Å². The second-order valence-electron chi connectivity index (χ2n) is 7.56. The third kappa shape index (κ3) is 4.89. The zero-order chi connectivity index (χ0) is 19.4. The van der Waals surface area contributed by atoms with Crippen LogP contribution in [0.5, 0.6) is 0 Å². The number of hydrogen-bond acceptors (Lipinski definition) is 4. The van der Waals surface area contributed by atoms with Crippen LogP contribution in [0, 0.1) is 18.7 Å². The fourth-order valence-corrected chi connectivity index (χ4v) is 3.57. The van der Waals surface area contributed by atoms with Crippen LogP contribution in [0.1, 0.15) is 42.0 Å². The van der Waals surface area contributed by atoms with Crippen molar-refractivity contribution in [3.05, 3.63) is 59.4 Å². The van der Waals surface area contributed by atoms with Crippen molar-refractivity contribution in [3.63, 3.8) is 0 Å². The minimum absolute atomic E-state index is 0.0585. The maximum Gasteiger partial charge on any atom is 0.274 e. The lowest BCUT2D eigenvalue weighted by Crippen LogP contribution is -2.45. The van der Waals surface area contributed by atoms with Crippen molar-refractivity contribution in [2.45, 2.75) is 39.8 Å². The summed E-state index contributed by atoms with van der Waals surface area (Å²) in [7, 11) is 0. The van der Waals surface area contributed by atoms with Gasteiger partial charge in [0.15, 0.2) is 0 Å². The summed E-state index contributed by atoms with van der Waals surface area (Å²) in [5.41, 5.74) is 2.29. The standard InChI is InChI=1S/C21H27FN4O/c1-15(2)20-14-26(21(27)19-12-23-16(3)11-24-19)10-4-9-25(20)13-17-5-7-18(22)8-6-17/h5-8,11-12,15,20H,4,9-10,13-14H2,1-3H3/t20-/m1/s1. The quantitative estimate of drug-likeness (QED) is 0.829. The fourth-order valence-electron chi connectivity index (χ4n) is 3.57. The Morgan fingerprint density at radius 1 is 1.19 bits per heavy atom. The van der Waals surface area contributed by atoms with E-state index in [0.717, 1.165) is 30.8 Å². The molecule has 1 aromatic carbocycles. The Hall–Kier alpha value is -2.34.